The van der Waals surface area contributed by atoms with Crippen LogP contribution in [-0.4, -0.2) is 51.9 Å². The molecule has 1 aromatic carbocycles. The van der Waals surface area contributed by atoms with E-state index in [0.29, 0.717) is 12.2 Å². The van der Waals surface area contributed by atoms with Crippen LogP contribution >= 0.6 is 0 Å². The minimum Gasteiger partial charge on any atom is -0.457 e. The molecule has 0 saturated carbocycles. The molecular formula is C16H18F4N6O3. The van der Waals surface area contributed by atoms with E-state index in [1.807, 2.05) is 0 Å². The Bertz CT molecular complexity index is 855. The molecule has 0 amide bonds. The van der Waals surface area contributed by atoms with Crippen molar-refractivity contribution < 1.29 is 27.2 Å². The first-order chi connectivity index (χ1) is 13.7. The molecule has 2 aromatic rings. The number of alkyl halides is 4. The van der Waals surface area contributed by atoms with Gasteiger partial charge in [0.1, 0.15) is 0 Å². The molecule has 0 aliphatic rings. The quantitative estimate of drug-likeness (QED) is 0.354. The SMILES string of the molecule is CCNc1nc(OCC(F)(F)C(F)F)nc(N(CC)c2cccc([N+](=O)[O-])c2)n1. The number of nitrogens with zero attached hydrogens (tertiary/aromatic N) is 5. The van der Waals surface area contributed by atoms with E-state index in [4.69, 9.17) is 0 Å². The Kier molecular flexibility index (Phi) is 7.07. The molecule has 2 rings (SSSR count). The van der Waals surface area contributed by atoms with Gasteiger partial charge in [-0.2, -0.15) is 23.7 Å². The van der Waals surface area contributed by atoms with E-state index in [0.717, 1.165) is 0 Å². The molecule has 1 N–H and O–H groups in total. The number of benzene rings is 1. The van der Waals surface area contributed by atoms with Crippen LogP contribution in [0.2, 0.25) is 0 Å². The van der Waals surface area contributed by atoms with Crippen molar-refractivity contribution in [1.82, 2.24) is 15.0 Å². The van der Waals surface area contributed by atoms with Crippen LogP contribution in [0.3, 0.4) is 0 Å². The van der Waals surface area contributed by atoms with Gasteiger partial charge in [0.05, 0.1) is 10.6 Å². The first kappa shape index (κ1) is 22.0. The first-order valence-electron chi connectivity index (χ1n) is 8.48. The number of hydrogen-bond acceptors (Lipinski definition) is 8. The lowest BCUT2D eigenvalue weighted by molar-refractivity contribution is -0.384. The Balaban J connectivity index is 2.40. The molecular weight excluding hydrogens is 400 g/mol. The van der Waals surface area contributed by atoms with Crippen molar-refractivity contribution in [2.75, 3.05) is 29.9 Å². The van der Waals surface area contributed by atoms with Gasteiger partial charge < -0.3 is 15.0 Å². The number of nitrogens with one attached hydrogen (secondary N) is 1. The number of anilines is 3. The number of hydrogen-bond donors (Lipinski definition) is 1. The van der Waals surface area contributed by atoms with Crippen molar-refractivity contribution in [3.8, 4) is 6.01 Å². The molecule has 29 heavy (non-hydrogen) atoms. The van der Waals surface area contributed by atoms with Crippen molar-refractivity contribution in [3.63, 3.8) is 0 Å². The molecule has 0 bridgehead atoms. The third kappa shape index (κ3) is 5.62. The smallest absolute Gasteiger partial charge is 0.340 e. The summed E-state index contributed by atoms with van der Waals surface area (Å²) in [4.78, 5) is 23.7. The molecule has 0 aliphatic carbocycles. The highest BCUT2D eigenvalue weighted by Crippen LogP contribution is 2.28. The fraction of sp³-hybridized carbons (Fsp3) is 0.438. The number of rotatable bonds is 10. The number of aromatic nitrogens is 3. The van der Waals surface area contributed by atoms with Crippen molar-refractivity contribution in [2.24, 2.45) is 0 Å². The summed E-state index contributed by atoms with van der Waals surface area (Å²) in [7, 11) is 0. The predicted molar refractivity (Wildman–Crippen MR) is 96.2 cm³/mol. The summed E-state index contributed by atoms with van der Waals surface area (Å²) in [6.07, 6.45) is -3.91. The van der Waals surface area contributed by atoms with Crippen LogP contribution in [0.4, 0.5) is 40.8 Å². The second kappa shape index (κ2) is 9.30. The molecule has 9 nitrogen and oxygen atoms in total. The Labute approximate surface area is 162 Å². The standard InChI is InChI=1S/C16H18F4N6O3/c1-3-21-13-22-14(24-15(23-13)29-9-16(19,20)12(17)18)25(4-2)10-6-5-7-11(8-10)26(27)28/h5-8,12H,3-4,9H2,1-2H3,(H,21,22,23,24). The average Bonchev–Trinajstić information content (AvgIpc) is 2.67. The molecule has 0 unspecified atom stereocenters. The average molecular weight is 418 g/mol. The van der Waals surface area contributed by atoms with Gasteiger partial charge in [-0.05, 0) is 19.9 Å². The lowest BCUT2D eigenvalue weighted by Crippen LogP contribution is -2.34. The molecule has 0 spiro atoms. The molecule has 0 radical (unpaired) electrons. The maximum atomic E-state index is 13.2. The van der Waals surface area contributed by atoms with Gasteiger partial charge in [0.25, 0.3) is 5.69 Å². The Morgan fingerprint density at radius 2 is 2.00 bits per heavy atom. The summed E-state index contributed by atoms with van der Waals surface area (Å²) in [6, 6.07) is 5.03. The van der Waals surface area contributed by atoms with Crippen molar-refractivity contribution in [1.29, 1.82) is 0 Å². The van der Waals surface area contributed by atoms with Gasteiger partial charge >= 0.3 is 18.4 Å². The van der Waals surface area contributed by atoms with E-state index < -0.39 is 29.9 Å². The second-order valence-electron chi connectivity index (χ2n) is 5.64. The van der Waals surface area contributed by atoms with Crippen LogP contribution < -0.4 is 15.0 Å². The molecule has 0 atom stereocenters. The molecule has 1 aromatic heterocycles. The Morgan fingerprint density at radius 3 is 2.59 bits per heavy atom. The molecule has 1 heterocycles. The van der Waals surface area contributed by atoms with Gasteiger partial charge in [0.15, 0.2) is 6.61 Å². The summed E-state index contributed by atoms with van der Waals surface area (Å²) in [6.45, 7) is 2.44. The zero-order valence-electron chi connectivity index (χ0n) is 15.5. The van der Waals surface area contributed by atoms with Crippen LogP contribution in [0, 0.1) is 10.1 Å². The summed E-state index contributed by atoms with van der Waals surface area (Å²) < 4.78 is 55.7. The maximum absolute atomic E-state index is 13.2. The topological polar surface area (TPSA) is 106 Å². The summed E-state index contributed by atoms with van der Waals surface area (Å²) in [5.74, 6) is -4.47. The van der Waals surface area contributed by atoms with Gasteiger partial charge in [-0.15, -0.1) is 0 Å². The fourth-order valence-corrected chi connectivity index (χ4v) is 2.21. The third-order valence-electron chi connectivity index (χ3n) is 3.56. The molecule has 0 fully saturated rings. The van der Waals surface area contributed by atoms with Crippen molar-refractivity contribution in [3.05, 3.63) is 34.4 Å². The van der Waals surface area contributed by atoms with Crippen LogP contribution in [0.15, 0.2) is 24.3 Å². The summed E-state index contributed by atoms with van der Waals surface area (Å²) in [5.41, 5.74) is 0.189. The Morgan fingerprint density at radius 1 is 1.28 bits per heavy atom. The fourth-order valence-electron chi connectivity index (χ4n) is 2.21. The normalized spacial score (nSPS) is 11.4. The minimum absolute atomic E-state index is 0.0308. The molecule has 0 aliphatic heterocycles. The van der Waals surface area contributed by atoms with E-state index in [1.54, 1.807) is 19.9 Å². The predicted octanol–water partition coefficient (Wildman–Crippen LogP) is 3.65. The largest absolute Gasteiger partial charge is 0.457 e. The van der Waals surface area contributed by atoms with Crippen molar-refractivity contribution in [2.45, 2.75) is 26.2 Å². The second-order valence-corrected chi connectivity index (χ2v) is 5.64. The highest BCUT2D eigenvalue weighted by molar-refractivity contribution is 5.61. The molecule has 13 heteroatoms. The third-order valence-corrected chi connectivity index (χ3v) is 3.56. The zero-order valence-corrected chi connectivity index (χ0v) is 15.5. The number of halogens is 4. The van der Waals surface area contributed by atoms with E-state index in [2.05, 4.69) is 25.0 Å². The highest BCUT2D eigenvalue weighted by Gasteiger charge is 2.42. The van der Waals surface area contributed by atoms with E-state index in [1.165, 1.54) is 23.1 Å². The molecule has 158 valence electrons. The van der Waals surface area contributed by atoms with Gasteiger partial charge in [-0.25, -0.2) is 8.78 Å². The van der Waals surface area contributed by atoms with E-state index in [-0.39, 0.29) is 24.1 Å². The van der Waals surface area contributed by atoms with Crippen LogP contribution in [0.5, 0.6) is 6.01 Å². The molecule has 0 saturated heterocycles. The van der Waals surface area contributed by atoms with Crippen LogP contribution in [0.25, 0.3) is 0 Å². The van der Waals surface area contributed by atoms with Gasteiger partial charge in [0.2, 0.25) is 11.9 Å². The van der Waals surface area contributed by atoms with Gasteiger partial charge in [0, 0.05) is 25.2 Å². The van der Waals surface area contributed by atoms with Crippen molar-refractivity contribution >= 4 is 23.3 Å². The van der Waals surface area contributed by atoms with Crippen LogP contribution in [-0.2, 0) is 0 Å². The minimum atomic E-state index is -4.38. The lowest BCUT2D eigenvalue weighted by Gasteiger charge is -2.22. The van der Waals surface area contributed by atoms with Gasteiger partial charge in [-0.1, -0.05) is 6.07 Å². The first-order valence-corrected chi connectivity index (χ1v) is 8.48. The maximum Gasteiger partial charge on any atom is 0.340 e. The zero-order chi connectivity index (χ0) is 21.6. The van der Waals surface area contributed by atoms with Gasteiger partial charge in [-0.3, -0.25) is 10.1 Å². The summed E-state index contributed by atoms with van der Waals surface area (Å²) in [5, 5.41) is 13.8. The monoisotopic (exact) mass is 418 g/mol. The number of nitro groups is 1. The van der Waals surface area contributed by atoms with E-state index in [9.17, 15) is 27.7 Å². The van der Waals surface area contributed by atoms with E-state index >= 15 is 0 Å². The van der Waals surface area contributed by atoms with Crippen LogP contribution in [0.1, 0.15) is 13.8 Å². The number of non-ortho nitro benzene ring substituents is 1. The summed E-state index contributed by atoms with van der Waals surface area (Å²) >= 11 is 0. The Hall–Kier alpha value is -3.25. The highest BCUT2D eigenvalue weighted by atomic mass is 19.3. The number of nitro benzene ring substituents is 1. The number of ether oxygens (including phenoxy) is 1. The lowest BCUT2D eigenvalue weighted by atomic mass is 10.2.